The third kappa shape index (κ3) is 2.62. The van der Waals surface area contributed by atoms with Crippen LogP contribution in [0.3, 0.4) is 0 Å². The van der Waals surface area contributed by atoms with Gasteiger partial charge in [0.15, 0.2) is 0 Å². The molecule has 1 aromatic heterocycles. The van der Waals surface area contributed by atoms with Gasteiger partial charge in [0.05, 0.1) is 11.1 Å². The molecule has 0 aliphatic carbocycles. The van der Waals surface area contributed by atoms with E-state index in [0.717, 1.165) is 53.8 Å². The average molecular weight is 295 g/mol. The maximum atomic E-state index is 12.7. The fraction of sp³-hybridized carbons (Fsp3) is 0.333. The van der Waals surface area contributed by atoms with Gasteiger partial charge in [-0.25, -0.2) is 0 Å². The summed E-state index contributed by atoms with van der Waals surface area (Å²) in [6.07, 6.45) is 2.60. The van der Waals surface area contributed by atoms with Gasteiger partial charge < -0.3 is 5.32 Å². The molecule has 0 atom stereocenters. The second-order valence-corrected chi connectivity index (χ2v) is 5.55. The summed E-state index contributed by atoms with van der Waals surface area (Å²) in [5.74, 6) is -0.0345. The van der Waals surface area contributed by atoms with Gasteiger partial charge in [-0.15, -0.1) is 6.58 Å². The Kier molecular flexibility index (Phi) is 4.20. The van der Waals surface area contributed by atoms with Crippen LogP contribution in [0.2, 0.25) is 0 Å². The van der Waals surface area contributed by atoms with E-state index in [1.807, 2.05) is 24.3 Å². The quantitative estimate of drug-likeness (QED) is 0.882. The first kappa shape index (κ1) is 14.7. The van der Waals surface area contributed by atoms with Crippen molar-refractivity contribution < 1.29 is 4.79 Å². The molecule has 0 fully saturated rings. The number of rotatable bonds is 4. The van der Waals surface area contributed by atoms with Crippen LogP contribution < -0.4 is 5.32 Å². The lowest BCUT2D eigenvalue weighted by Crippen LogP contribution is -2.34. The Morgan fingerprint density at radius 3 is 3.05 bits per heavy atom. The number of pyridine rings is 1. The van der Waals surface area contributed by atoms with Gasteiger partial charge >= 0.3 is 0 Å². The minimum absolute atomic E-state index is 0.0345. The molecule has 0 saturated heterocycles. The maximum Gasteiger partial charge on any atom is 0.252 e. The van der Waals surface area contributed by atoms with Crippen molar-refractivity contribution >= 4 is 16.8 Å². The van der Waals surface area contributed by atoms with Crippen LogP contribution in [-0.4, -0.2) is 35.4 Å². The maximum absolute atomic E-state index is 12.7. The van der Waals surface area contributed by atoms with Gasteiger partial charge in [-0.05, 0) is 12.6 Å². The van der Waals surface area contributed by atoms with Gasteiger partial charge in [0.1, 0.15) is 0 Å². The van der Waals surface area contributed by atoms with Crippen LogP contribution in [0.4, 0.5) is 0 Å². The molecule has 1 aliphatic heterocycles. The van der Waals surface area contributed by atoms with E-state index in [0.29, 0.717) is 6.54 Å². The smallest absolute Gasteiger partial charge is 0.252 e. The normalized spacial score (nSPS) is 14.6. The highest BCUT2D eigenvalue weighted by molar-refractivity contribution is 6.07. The summed E-state index contributed by atoms with van der Waals surface area (Å²) >= 11 is 0. The van der Waals surface area contributed by atoms with Crippen LogP contribution in [0.15, 0.2) is 36.9 Å². The molecule has 1 amide bonds. The number of amides is 1. The zero-order valence-corrected chi connectivity index (χ0v) is 12.9. The SMILES string of the molecule is C=CCNC(=O)c1c2c(nc3ccccc13)CCN(CC)C2. The molecule has 2 aromatic rings. The number of benzene rings is 1. The highest BCUT2D eigenvalue weighted by atomic mass is 16.1. The Balaban J connectivity index is 2.16. The predicted molar refractivity (Wildman–Crippen MR) is 88.9 cm³/mol. The van der Waals surface area contributed by atoms with Crippen molar-refractivity contribution in [2.45, 2.75) is 19.9 Å². The third-order valence-electron chi connectivity index (χ3n) is 4.21. The lowest BCUT2D eigenvalue weighted by molar-refractivity contribution is 0.0957. The molecule has 0 bridgehead atoms. The molecule has 114 valence electrons. The second-order valence-electron chi connectivity index (χ2n) is 5.55. The van der Waals surface area contributed by atoms with Crippen LogP contribution in [0, 0.1) is 0 Å². The molecule has 22 heavy (non-hydrogen) atoms. The van der Waals surface area contributed by atoms with E-state index in [4.69, 9.17) is 4.98 Å². The molecule has 4 heteroatoms. The monoisotopic (exact) mass is 295 g/mol. The average Bonchev–Trinajstić information content (AvgIpc) is 2.57. The molecule has 1 aliphatic rings. The number of carbonyl (C=O) groups excluding carboxylic acids is 1. The van der Waals surface area contributed by atoms with Crippen LogP contribution >= 0.6 is 0 Å². The summed E-state index contributed by atoms with van der Waals surface area (Å²) in [4.78, 5) is 19.8. The Morgan fingerprint density at radius 2 is 2.27 bits per heavy atom. The summed E-state index contributed by atoms with van der Waals surface area (Å²) in [6, 6.07) is 7.89. The molecular formula is C18H21N3O. The lowest BCUT2D eigenvalue weighted by atomic mass is 9.95. The van der Waals surface area contributed by atoms with Gasteiger partial charge in [-0.2, -0.15) is 0 Å². The van der Waals surface area contributed by atoms with Crippen molar-refractivity contribution in [3.63, 3.8) is 0 Å². The molecule has 0 unspecified atom stereocenters. The molecule has 0 saturated carbocycles. The van der Waals surface area contributed by atoms with Crippen molar-refractivity contribution in [1.82, 2.24) is 15.2 Å². The number of para-hydroxylation sites is 1. The predicted octanol–water partition coefficient (Wildman–Crippen LogP) is 2.53. The van der Waals surface area contributed by atoms with E-state index in [-0.39, 0.29) is 5.91 Å². The van der Waals surface area contributed by atoms with Crippen molar-refractivity contribution in [2.24, 2.45) is 0 Å². The Morgan fingerprint density at radius 1 is 1.45 bits per heavy atom. The summed E-state index contributed by atoms with van der Waals surface area (Å²) in [5.41, 5.74) is 3.82. The Bertz CT molecular complexity index is 724. The number of nitrogens with zero attached hydrogens (tertiary/aromatic N) is 2. The fourth-order valence-electron chi connectivity index (χ4n) is 3.03. The first-order chi connectivity index (χ1) is 10.7. The molecule has 3 rings (SSSR count). The summed E-state index contributed by atoms with van der Waals surface area (Å²) in [7, 11) is 0. The highest BCUT2D eigenvalue weighted by Gasteiger charge is 2.24. The Labute approximate surface area is 130 Å². The van der Waals surface area contributed by atoms with E-state index >= 15 is 0 Å². The largest absolute Gasteiger partial charge is 0.349 e. The number of aromatic nitrogens is 1. The molecular weight excluding hydrogens is 274 g/mol. The molecule has 1 aromatic carbocycles. The fourth-order valence-corrected chi connectivity index (χ4v) is 3.03. The van der Waals surface area contributed by atoms with Gasteiger partial charge in [-0.3, -0.25) is 14.7 Å². The van der Waals surface area contributed by atoms with E-state index in [1.54, 1.807) is 6.08 Å². The van der Waals surface area contributed by atoms with Crippen molar-refractivity contribution in [3.8, 4) is 0 Å². The second kappa shape index (κ2) is 6.28. The third-order valence-corrected chi connectivity index (χ3v) is 4.21. The lowest BCUT2D eigenvalue weighted by Gasteiger charge is -2.29. The number of hydrogen-bond donors (Lipinski definition) is 1. The molecule has 1 N–H and O–H groups in total. The van der Waals surface area contributed by atoms with E-state index in [1.165, 1.54) is 0 Å². The highest BCUT2D eigenvalue weighted by Crippen LogP contribution is 2.28. The first-order valence-electron chi connectivity index (χ1n) is 7.76. The van der Waals surface area contributed by atoms with Crippen molar-refractivity contribution in [1.29, 1.82) is 0 Å². The van der Waals surface area contributed by atoms with Crippen LogP contribution in [0.1, 0.15) is 28.5 Å². The minimum Gasteiger partial charge on any atom is -0.349 e. The van der Waals surface area contributed by atoms with Crippen LogP contribution in [0.25, 0.3) is 10.9 Å². The topological polar surface area (TPSA) is 45.2 Å². The number of likely N-dealkylation sites (N-methyl/N-ethyl adjacent to an activating group) is 1. The van der Waals surface area contributed by atoms with E-state index in [9.17, 15) is 4.79 Å². The Hall–Kier alpha value is -2.20. The van der Waals surface area contributed by atoms with Gasteiger partial charge in [0, 0.05) is 42.7 Å². The van der Waals surface area contributed by atoms with E-state index in [2.05, 4.69) is 23.7 Å². The number of hydrogen-bond acceptors (Lipinski definition) is 3. The molecule has 0 spiro atoms. The first-order valence-corrected chi connectivity index (χ1v) is 7.76. The number of fused-ring (bicyclic) bond motifs is 2. The molecule has 0 radical (unpaired) electrons. The molecule has 2 heterocycles. The van der Waals surface area contributed by atoms with Crippen LogP contribution in [0.5, 0.6) is 0 Å². The standard InChI is InChI=1S/C18H21N3O/c1-3-10-19-18(22)17-13-7-5-6-8-15(13)20-16-9-11-21(4-2)12-14(16)17/h3,5-8H,1,4,9-12H2,2H3,(H,19,22). The van der Waals surface area contributed by atoms with E-state index < -0.39 is 0 Å². The van der Waals surface area contributed by atoms with Gasteiger partial charge in [0.25, 0.3) is 5.91 Å². The summed E-state index contributed by atoms with van der Waals surface area (Å²) in [6.45, 7) is 9.07. The summed E-state index contributed by atoms with van der Waals surface area (Å²) < 4.78 is 0. The van der Waals surface area contributed by atoms with Gasteiger partial charge in [-0.1, -0.05) is 31.2 Å². The summed E-state index contributed by atoms with van der Waals surface area (Å²) in [5, 5.41) is 3.85. The van der Waals surface area contributed by atoms with Crippen molar-refractivity contribution in [2.75, 3.05) is 19.6 Å². The molecule has 4 nitrogen and oxygen atoms in total. The van der Waals surface area contributed by atoms with Crippen molar-refractivity contribution in [3.05, 3.63) is 53.7 Å². The van der Waals surface area contributed by atoms with Crippen LogP contribution in [-0.2, 0) is 13.0 Å². The zero-order valence-electron chi connectivity index (χ0n) is 12.9. The zero-order chi connectivity index (χ0) is 15.5. The number of carbonyl (C=O) groups is 1. The minimum atomic E-state index is -0.0345. The van der Waals surface area contributed by atoms with Gasteiger partial charge in [0.2, 0.25) is 0 Å². The number of nitrogens with one attached hydrogen (secondary N) is 1.